The molecular formula is C13H14BrNO. The van der Waals surface area contributed by atoms with E-state index in [4.69, 9.17) is 4.42 Å². The topological polar surface area (TPSA) is 25.2 Å². The van der Waals surface area contributed by atoms with Gasteiger partial charge in [-0.05, 0) is 42.3 Å². The van der Waals surface area contributed by atoms with Crippen LogP contribution in [0.1, 0.15) is 18.2 Å². The third-order valence-electron chi connectivity index (χ3n) is 2.48. The van der Waals surface area contributed by atoms with Gasteiger partial charge in [-0.3, -0.25) is 0 Å². The molecule has 84 valence electrons. The van der Waals surface area contributed by atoms with Crippen molar-refractivity contribution in [3.05, 3.63) is 52.4 Å². The first-order valence-corrected chi connectivity index (χ1v) is 6.13. The van der Waals surface area contributed by atoms with Gasteiger partial charge in [0.2, 0.25) is 0 Å². The lowest BCUT2D eigenvalue weighted by Crippen LogP contribution is -2.01. The summed E-state index contributed by atoms with van der Waals surface area (Å²) in [5.74, 6) is 0.949. The van der Waals surface area contributed by atoms with Crippen molar-refractivity contribution < 1.29 is 4.42 Å². The van der Waals surface area contributed by atoms with Crippen LogP contribution in [-0.4, -0.2) is 0 Å². The van der Waals surface area contributed by atoms with Gasteiger partial charge in [0, 0.05) is 10.2 Å². The highest BCUT2D eigenvalue weighted by Crippen LogP contribution is 2.22. The molecule has 1 aromatic heterocycles. The number of benzene rings is 1. The number of hydrogen-bond donors (Lipinski definition) is 1. The predicted molar refractivity (Wildman–Crippen MR) is 69.6 cm³/mol. The maximum absolute atomic E-state index is 5.28. The van der Waals surface area contributed by atoms with Crippen LogP contribution in [0.5, 0.6) is 0 Å². The third kappa shape index (κ3) is 2.67. The largest absolute Gasteiger partial charge is 0.467 e. The predicted octanol–water partition coefficient (Wildman–Crippen LogP) is 4.22. The molecule has 0 aliphatic heterocycles. The molecule has 0 saturated heterocycles. The summed E-state index contributed by atoms with van der Waals surface area (Å²) in [5, 5.41) is 3.38. The first-order chi connectivity index (χ1) is 7.79. The van der Waals surface area contributed by atoms with Crippen LogP contribution in [0.25, 0.3) is 0 Å². The van der Waals surface area contributed by atoms with Gasteiger partial charge in [-0.15, -0.1) is 0 Å². The highest BCUT2D eigenvalue weighted by atomic mass is 79.9. The molecule has 0 fully saturated rings. The maximum atomic E-state index is 5.28. The zero-order valence-corrected chi connectivity index (χ0v) is 10.8. The quantitative estimate of drug-likeness (QED) is 0.907. The summed E-state index contributed by atoms with van der Waals surface area (Å²) in [4.78, 5) is 0. The Kier molecular flexibility index (Phi) is 3.67. The number of aryl methyl sites for hydroxylation is 1. The van der Waals surface area contributed by atoms with E-state index in [0.717, 1.165) is 23.2 Å². The van der Waals surface area contributed by atoms with E-state index in [1.165, 1.54) is 11.3 Å². The van der Waals surface area contributed by atoms with Gasteiger partial charge >= 0.3 is 0 Å². The van der Waals surface area contributed by atoms with Crippen LogP contribution in [0.4, 0.5) is 5.69 Å². The fourth-order valence-corrected chi connectivity index (χ4v) is 2.03. The average Bonchev–Trinajstić information content (AvgIpc) is 2.80. The summed E-state index contributed by atoms with van der Waals surface area (Å²) in [6.07, 6.45) is 2.71. The Morgan fingerprint density at radius 3 is 2.88 bits per heavy atom. The molecule has 2 nitrogen and oxygen atoms in total. The normalized spacial score (nSPS) is 10.4. The zero-order valence-electron chi connectivity index (χ0n) is 9.16. The molecule has 0 amide bonds. The van der Waals surface area contributed by atoms with Crippen LogP contribution in [0, 0.1) is 0 Å². The Balaban J connectivity index is 2.09. The maximum Gasteiger partial charge on any atom is 0.122 e. The Labute approximate surface area is 104 Å². The molecular weight excluding hydrogens is 266 g/mol. The van der Waals surface area contributed by atoms with Crippen LogP contribution >= 0.6 is 15.9 Å². The van der Waals surface area contributed by atoms with E-state index in [2.05, 4.69) is 40.3 Å². The van der Waals surface area contributed by atoms with Crippen molar-refractivity contribution in [2.45, 2.75) is 19.9 Å². The summed E-state index contributed by atoms with van der Waals surface area (Å²) in [7, 11) is 0. The molecule has 1 heterocycles. The Hall–Kier alpha value is -1.22. The lowest BCUT2D eigenvalue weighted by molar-refractivity contribution is 0.518. The van der Waals surface area contributed by atoms with Crippen molar-refractivity contribution in [2.24, 2.45) is 0 Å². The second-order valence-electron chi connectivity index (χ2n) is 3.59. The summed E-state index contributed by atoms with van der Waals surface area (Å²) in [5.41, 5.74) is 2.48. The number of rotatable bonds is 4. The van der Waals surface area contributed by atoms with Crippen molar-refractivity contribution in [1.29, 1.82) is 0 Å². The number of halogens is 1. The standard InChI is InChI=1S/C13H14BrNO/c1-2-10-8-11(14)5-6-13(10)15-9-12-4-3-7-16-12/h3-8,15H,2,9H2,1H3. The molecule has 0 aliphatic carbocycles. The lowest BCUT2D eigenvalue weighted by Gasteiger charge is -2.10. The molecule has 3 heteroatoms. The van der Waals surface area contributed by atoms with Gasteiger partial charge in [0.1, 0.15) is 5.76 Å². The van der Waals surface area contributed by atoms with E-state index in [1.54, 1.807) is 6.26 Å². The van der Waals surface area contributed by atoms with E-state index in [0.29, 0.717) is 0 Å². The average molecular weight is 280 g/mol. The Morgan fingerprint density at radius 2 is 2.19 bits per heavy atom. The summed E-state index contributed by atoms with van der Waals surface area (Å²) in [6.45, 7) is 2.88. The molecule has 1 N–H and O–H groups in total. The summed E-state index contributed by atoms with van der Waals surface area (Å²) < 4.78 is 6.40. The van der Waals surface area contributed by atoms with Gasteiger partial charge in [-0.1, -0.05) is 22.9 Å². The zero-order chi connectivity index (χ0) is 11.4. The monoisotopic (exact) mass is 279 g/mol. The van der Waals surface area contributed by atoms with Gasteiger partial charge in [0.05, 0.1) is 12.8 Å². The molecule has 0 saturated carbocycles. The van der Waals surface area contributed by atoms with Crippen LogP contribution in [-0.2, 0) is 13.0 Å². The Bertz CT molecular complexity index is 451. The number of anilines is 1. The number of furan rings is 1. The van der Waals surface area contributed by atoms with E-state index in [-0.39, 0.29) is 0 Å². The highest BCUT2D eigenvalue weighted by Gasteiger charge is 2.02. The lowest BCUT2D eigenvalue weighted by atomic mass is 10.1. The number of hydrogen-bond acceptors (Lipinski definition) is 2. The fraction of sp³-hybridized carbons (Fsp3) is 0.231. The van der Waals surface area contributed by atoms with Crippen LogP contribution in [0.3, 0.4) is 0 Å². The molecule has 0 unspecified atom stereocenters. The van der Waals surface area contributed by atoms with E-state index in [9.17, 15) is 0 Å². The van der Waals surface area contributed by atoms with Crippen molar-refractivity contribution in [2.75, 3.05) is 5.32 Å². The molecule has 1 aromatic carbocycles. The minimum absolute atomic E-state index is 0.724. The second kappa shape index (κ2) is 5.21. The first kappa shape index (κ1) is 11.3. The smallest absolute Gasteiger partial charge is 0.122 e. The molecule has 2 rings (SSSR count). The fourth-order valence-electron chi connectivity index (χ4n) is 1.62. The van der Waals surface area contributed by atoms with Gasteiger partial charge < -0.3 is 9.73 Å². The van der Waals surface area contributed by atoms with Crippen LogP contribution in [0.15, 0.2) is 45.5 Å². The molecule has 0 spiro atoms. The third-order valence-corrected chi connectivity index (χ3v) is 2.97. The van der Waals surface area contributed by atoms with E-state index < -0.39 is 0 Å². The van der Waals surface area contributed by atoms with Gasteiger partial charge in [-0.2, -0.15) is 0 Å². The highest BCUT2D eigenvalue weighted by molar-refractivity contribution is 9.10. The van der Waals surface area contributed by atoms with Gasteiger partial charge in [0.25, 0.3) is 0 Å². The van der Waals surface area contributed by atoms with Gasteiger partial charge in [-0.25, -0.2) is 0 Å². The molecule has 0 atom stereocenters. The molecule has 16 heavy (non-hydrogen) atoms. The van der Waals surface area contributed by atoms with Crippen LogP contribution < -0.4 is 5.32 Å². The Morgan fingerprint density at radius 1 is 1.31 bits per heavy atom. The van der Waals surface area contributed by atoms with Crippen molar-refractivity contribution in [3.63, 3.8) is 0 Å². The van der Waals surface area contributed by atoms with Crippen molar-refractivity contribution in [1.82, 2.24) is 0 Å². The second-order valence-corrected chi connectivity index (χ2v) is 4.50. The van der Waals surface area contributed by atoms with Crippen LogP contribution in [0.2, 0.25) is 0 Å². The molecule has 0 bridgehead atoms. The minimum Gasteiger partial charge on any atom is -0.467 e. The first-order valence-electron chi connectivity index (χ1n) is 5.34. The van der Waals surface area contributed by atoms with E-state index >= 15 is 0 Å². The SMILES string of the molecule is CCc1cc(Br)ccc1NCc1ccco1. The summed E-state index contributed by atoms with van der Waals surface area (Å²) in [6, 6.07) is 10.1. The van der Waals surface area contributed by atoms with E-state index in [1.807, 2.05) is 18.2 Å². The van der Waals surface area contributed by atoms with Crippen molar-refractivity contribution in [3.8, 4) is 0 Å². The summed E-state index contributed by atoms with van der Waals surface area (Å²) >= 11 is 3.48. The van der Waals surface area contributed by atoms with Crippen molar-refractivity contribution >= 4 is 21.6 Å². The molecule has 2 aromatic rings. The molecule has 0 radical (unpaired) electrons. The van der Waals surface area contributed by atoms with Gasteiger partial charge in [0.15, 0.2) is 0 Å². The molecule has 0 aliphatic rings. The number of nitrogens with one attached hydrogen (secondary N) is 1. The minimum atomic E-state index is 0.724.